The first kappa shape index (κ1) is 18.9. The molecule has 1 saturated heterocycles. The molecule has 0 bridgehead atoms. The molecule has 134 valence electrons. The maximum absolute atomic E-state index is 12.7. The average Bonchev–Trinajstić information content (AvgIpc) is 2.57. The van der Waals surface area contributed by atoms with Crippen molar-refractivity contribution in [1.82, 2.24) is 4.90 Å². The molecule has 1 aromatic rings. The number of nitrogens with zero attached hydrogens (tertiary/aromatic N) is 1. The number of rotatable bonds is 6. The van der Waals surface area contributed by atoms with Gasteiger partial charge in [-0.2, -0.15) is 0 Å². The van der Waals surface area contributed by atoms with E-state index in [2.05, 4.69) is 26.0 Å². The first-order valence-corrected chi connectivity index (χ1v) is 9.07. The molecule has 2 atom stereocenters. The van der Waals surface area contributed by atoms with Gasteiger partial charge in [-0.1, -0.05) is 51.5 Å². The van der Waals surface area contributed by atoms with E-state index in [-0.39, 0.29) is 12.5 Å². The number of hydrogen-bond donors (Lipinski definition) is 2. The molecule has 0 spiro atoms. The van der Waals surface area contributed by atoms with Crippen LogP contribution in [0.2, 0.25) is 0 Å². The van der Waals surface area contributed by atoms with Crippen molar-refractivity contribution in [2.45, 2.75) is 58.5 Å². The molecule has 0 radical (unpaired) electrons. The minimum atomic E-state index is -0.565. The summed E-state index contributed by atoms with van der Waals surface area (Å²) in [5, 5.41) is 20.1. The van der Waals surface area contributed by atoms with Gasteiger partial charge in [-0.05, 0) is 29.9 Å². The molecule has 4 nitrogen and oxygen atoms in total. The van der Waals surface area contributed by atoms with Crippen LogP contribution >= 0.6 is 0 Å². The van der Waals surface area contributed by atoms with Crippen molar-refractivity contribution in [3.05, 3.63) is 35.4 Å². The molecule has 4 heteroatoms. The van der Waals surface area contributed by atoms with E-state index in [0.717, 1.165) is 18.4 Å². The number of benzene rings is 1. The highest BCUT2D eigenvalue weighted by Gasteiger charge is 2.42. The number of piperidine rings is 1. The van der Waals surface area contributed by atoms with Crippen molar-refractivity contribution in [3.63, 3.8) is 0 Å². The lowest BCUT2D eigenvalue weighted by Crippen LogP contribution is -2.55. The molecule has 1 aliphatic rings. The van der Waals surface area contributed by atoms with Crippen LogP contribution in [-0.2, 0) is 11.2 Å². The van der Waals surface area contributed by atoms with Crippen molar-refractivity contribution in [2.24, 2.45) is 5.41 Å². The summed E-state index contributed by atoms with van der Waals surface area (Å²) >= 11 is 0. The topological polar surface area (TPSA) is 60.8 Å². The number of hydrogen-bond acceptors (Lipinski definition) is 3. The smallest absolute Gasteiger partial charge is 0.227 e. The van der Waals surface area contributed by atoms with E-state index in [9.17, 15) is 15.0 Å². The Morgan fingerprint density at radius 1 is 1.33 bits per heavy atom. The third-order valence-corrected chi connectivity index (χ3v) is 5.30. The summed E-state index contributed by atoms with van der Waals surface area (Å²) in [6, 6.07) is 8.22. The molecule has 0 saturated carbocycles. The predicted molar refractivity (Wildman–Crippen MR) is 95.9 cm³/mol. The summed E-state index contributed by atoms with van der Waals surface area (Å²) in [6.45, 7) is 7.29. The fraction of sp³-hybridized carbons (Fsp3) is 0.650. The SMILES string of the molecule is CCC[C@@]1(CO)CN(C(=O)Cc2ccc(C(C)C)cc2)CC[C@@H]1O. The van der Waals surface area contributed by atoms with E-state index in [1.807, 2.05) is 24.0 Å². The summed E-state index contributed by atoms with van der Waals surface area (Å²) in [4.78, 5) is 14.5. The van der Waals surface area contributed by atoms with Crippen LogP contribution in [0, 0.1) is 5.41 Å². The minimum absolute atomic E-state index is 0.0745. The molecule has 2 rings (SSSR count). The Bertz CT molecular complexity index is 540. The lowest BCUT2D eigenvalue weighted by Gasteiger charge is -2.45. The lowest BCUT2D eigenvalue weighted by molar-refractivity contribution is -0.141. The van der Waals surface area contributed by atoms with Gasteiger partial charge < -0.3 is 15.1 Å². The fourth-order valence-electron chi connectivity index (χ4n) is 3.65. The van der Waals surface area contributed by atoms with Crippen LogP contribution in [0.4, 0.5) is 0 Å². The first-order valence-electron chi connectivity index (χ1n) is 9.07. The molecule has 1 amide bonds. The van der Waals surface area contributed by atoms with Crippen molar-refractivity contribution >= 4 is 5.91 Å². The molecule has 0 aliphatic carbocycles. The molecule has 1 aromatic carbocycles. The van der Waals surface area contributed by atoms with Gasteiger partial charge in [-0.25, -0.2) is 0 Å². The predicted octanol–water partition coefficient (Wildman–Crippen LogP) is 2.72. The van der Waals surface area contributed by atoms with Gasteiger partial charge in [-0.3, -0.25) is 4.79 Å². The molecule has 24 heavy (non-hydrogen) atoms. The second-order valence-corrected chi connectivity index (χ2v) is 7.46. The third-order valence-electron chi connectivity index (χ3n) is 5.30. The Hall–Kier alpha value is -1.39. The largest absolute Gasteiger partial charge is 0.396 e. The normalized spacial score (nSPS) is 24.4. The second-order valence-electron chi connectivity index (χ2n) is 7.46. The summed E-state index contributed by atoms with van der Waals surface area (Å²) in [5.41, 5.74) is 1.72. The number of carbonyl (C=O) groups excluding carboxylic acids is 1. The highest BCUT2D eigenvalue weighted by Crippen LogP contribution is 2.34. The Morgan fingerprint density at radius 3 is 2.54 bits per heavy atom. The minimum Gasteiger partial charge on any atom is -0.396 e. The van der Waals surface area contributed by atoms with Crippen molar-refractivity contribution in [2.75, 3.05) is 19.7 Å². The van der Waals surface area contributed by atoms with Gasteiger partial charge in [0, 0.05) is 18.5 Å². The number of aliphatic hydroxyl groups excluding tert-OH is 2. The van der Waals surface area contributed by atoms with E-state index >= 15 is 0 Å². The van der Waals surface area contributed by atoms with Crippen LogP contribution in [-0.4, -0.2) is 46.8 Å². The van der Waals surface area contributed by atoms with Crippen LogP contribution < -0.4 is 0 Å². The molecule has 1 fully saturated rings. The van der Waals surface area contributed by atoms with Gasteiger partial charge in [0.2, 0.25) is 5.91 Å². The van der Waals surface area contributed by atoms with E-state index in [0.29, 0.717) is 31.8 Å². The lowest BCUT2D eigenvalue weighted by atomic mass is 9.74. The van der Waals surface area contributed by atoms with Gasteiger partial charge in [-0.15, -0.1) is 0 Å². The number of aliphatic hydroxyl groups is 2. The summed E-state index contributed by atoms with van der Waals surface area (Å²) in [7, 11) is 0. The van der Waals surface area contributed by atoms with Crippen molar-refractivity contribution < 1.29 is 15.0 Å². The number of amides is 1. The zero-order valence-corrected chi connectivity index (χ0v) is 15.2. The first-order chi connectivity index (χ1) is 11.4. The van der Waals surface area contributed by atoms with Gasteiger partial charge >= 0.3 is 0 Å². The molecule has 1 heterocycles. The zero-order chi connectivity index (χ0) is 17.7. The van der Waals surface area contributed by atoms with E-state index < -0.39 is 11.5 Å². The van der Waals surface area contributed by atoms with E-state index in [1.165, 1.54) is 5.56 Å². The summed E-state index contributed by atoms with van der Waals surface area (Å²) < 4.78 is 0. The monoisotopic (exact) mass is 333 g/mol. The maximum atomic E-state index is 12.7. The summed E-state index contributed by atoms with van der Waals surface area (Å²) in [6.07, 6.45) is 2.01. The molecular formula is C20H31NO3. The highest BCUT2D eigenvalue weighted by atomic mass is 16.3. The fourth-order valence-corrected chi connectivity index (χ4v) is 3.65. The van der Waals surface area contributed by atoms with E-state index in [4.69, 9.17) is 0 Å². The maximum Gasteiger partial charge on any atom is 0.227 e. The molecule has 2 N–H and O–H groups in total. The van der Waals surface area contributed by atoms with Crippen LogP contribution in [0.15, 0.2) is 24.3 Å². The molecule has 0 unspecified atom stereocenters. The Kier molecular flexibility index (Phi) is 6.41. The van der Waals surface area contributed by atoms with Crippen molar-refractivity contribution in [3.8, 4) is 0 Å². The average molecular weight is 333 g/mol. The van der Waals surface area contributed by atoms with Crippen molar-refractivity contribution in [1.29, 1.82) is 0 Å². The van der Waals surface area contributed by atoms with Crippen LogP contribution in [0.25, 0.3) is 0 Å². The van der Waals surface area contributed by atoms with E-state index in [1.54, 1.807) is 0 Å². The van der Waals surface area contributed by atoms with Gasteiger partial charge in [0.05, 0.1) is 19.1 Å². The quantitative estimate of drug-likeness (QED) is 0.841. The zero-order valence-electron chi connectivity index (χ0n) is 15.2. The third kappa shape index (κ3) is 4.17. The Balaban J connectivity index is 2.04. The number of likely N-dealkylation sites (tertiary alicyclic amines) is 1. The standard InChI is InChI=1S/C20H31NO3/c1-4-10-20(14-22)13-21(11-9-18(20)23)19(24)12-16-5-7-17(8-6-16)15(2)3/h5-8,15,18,22-23H,4,9-14H2,1-3H3/t18-,20-/m0/s1. The second kappa shape index (κ2) is 8.13. The highest BCUT2D eigenvalue weighted by molar-refractivity contribution is 5.79. The number of carbonyl (C=O) groups is 1. The molecule has 1 aliphatic heterocycles. The summed E-state index contributed by atoms with van der Waals surface area (Å²) in [5.74, 6) is 0.561. The van der Waals surface area contributed by atoms with Crippen LogP contribution in [0.5, 0.6) is 0 Å². The Morgan fingerprint density at radius 2 is 2.00 bits per heavy atom. The molecular weight excluding hydrogens is 302 g/mol. The van der Waals surface area contributed by atoms with Gasteiger partial charge in [0.1, 0.15) is 0 Å². The van der Waals surface area contributed by atoms with Gasteiger partial charge in [0.15, 0.2) is 0 Å². The Labute approximate surface area is 145 Å². The van der Waals surface area contributed by atoms with Crippen LogP contribution in [0.1, 0.15) is 57.1 Å². The van der Waals surface area contributed by atoms with Gasteiger partial charge in [0.25, 0.3) is 0 Å². The van der Waals surface area contributed by atoms with Crippen LogP contribution in [0.3, 0.4) is 0 Å². The molecule has 0 aromatic heterocycles.